The Labute approximate surface area is 237 Å². The summed E-state index contributed by atoms with van der Waals surface area (Å²) in [6.45, 7) is 2.04. The third-order valence-corrected chi connectivity index (χ3v) is 7.10. The number of ketones is 1. The van der Waals surface area contributed by atoms with E-state index in [-0.39, 0.29) is 33.1 Å². The SMILES string of the molecule is CC1CC(=Cc2ccc(-c3ccc(Cl)c([N+](=O)[O-])c3)o2)C(=O)C(=Cc2ccc(-c3ccc(Cl)c([N+](=O)[O-])c3)o2)C1. The Morgan fingerprint density at radius 1 is 0.750 bits per heavy atom. The number of nitrogens with zero attached hydrogens (tertiary/aromatic N) is 2. The number of furan rings is 2. The third kappa shape index (κ3) is 5.61. The van der Waals surface area contributed by atoms with Crippen LogP contribution in [0.15, 0.2) is 80.6 Å². The van der Waals surface area contributed by atoms with Crippen molar-refractivity contribution in [2.75, 3.05) is 0 Å². The van der Waals surface area contributed by atoms with Crippen molar-refractivity contribution in [3.8, 4) is 22.6 Å². The summed E-state index contributed by atoms with van der Waals surface area (Å²) in [6, 6.07) is 15.6. The molecule has 0 bridgehead atoms. The van der Waals surface area contributed by atoms with Gasteiger partial charge >= 0.3 is 0 Å². The fourth-order valence-corrected chi connectivity index (χ4v) is 4.96. The number of carbonyl (C=O) groups is 1. The van der Waals surface area contributed by atoms with E-state index in [2.05, 4.69) is 0 Å². The van der Waals surface area contributed by atoms with E-state index in [1.807, 2.05) is 6.92 Å². The number of Topliss-reactive ketones (excluding diaryl/α,β-unsaturated/α-hetero) is 1. The highest BCUT2D eigenvalue weighted by molar-refractivity contribution is 6.33. The van der Waals surface area contributed by atoms with Crippen LogP contribution in [0, 0.1) is 26.1 Å². The van der Waals surface area contributed by atoms with E-state index < -0.39 is 9.85 Å². The first-order valence-corrected chi connectivity index (χ1v) is 12.9. The topological polar surface area (TPSA) is 130 Å². The number of carbonyl (C=O) groups excluding carboxylic acids is 1. The second-order valence-corrected chi connectivity index (χ2v) is 10.2. The standard InChI is InChI=1S/C29H20Cl2N2O7/c1-16-10-19(12-21-4-8-27(39-21)17-2-6-23(30)25(14-17)32(35)36)29(34)20(11-16)13-22-5-9-28(40-22)18-3-7-24(31)26(15-18)33(37)38/h2-9,12-16H,10-11H2,1H3. The Hall–Kier alpha value is -4.47. The largest absolute Gasteiger partial charge is 0.457 e. The van der Waals surface area contributed by atoms with E-state index in [4.69, 9.17) is 32.0 Å². The van der Waals surface area contributed by atoms with Crippen molar-refractivity contribution < 1.29 is 23.5 Å². The zero-order valence-corrected chi connectivity index (χ0v) is 22.4. The highest BCUT2D eigenvalue weighted by Crippen LogP contribution is 2.36. The van der Waals surface area contributed by atoms with Gasteiger partial charge in [-0.05, 0) is 79.4 Å². The van der Waals surface area contributed by atoms with E-state index in [1.54, 1.807) is 48.6 Å². The van der Waals surface area contributed by atoms with Crippen LogP contribution >= 0.6 is 23.2 Å². The van der Waals surface area contributed by atoms with Gasteiger partial charge in [-0.3, -0.25) is 25.0 Å². The number of benzene rings is 2. The molecule has 5 rings (SSSR count). The van der Waals surface area contributed by atoms with E-state index in [1.165, 1.54) is 24.3 Å². The van der Waals surface area contributed by atoms with Crippen molar-refractivity contribution >= 4 is 52.5 Å². The summed E-state index contributed by atoms with van der Waals surface area (Å²) in [5, 5.41) is 22.5. The second kappa shape index (κ2) is 11.0. The summed E-state index contributed by atoms with van der Waals surface area (Å²) in [5.74, 6) is 1.73. The number of allylic oxidation sites excluding steroid dienone is 2. The Morgan fingerprint density at radius 3 is 1.57 bits per heavy atom. The van der Waals surface area contributed by atoms with Crippen LogP contribution in [0.2, 0.25) is 10.0 Å². The van der Waals surface area contributed by atoms with E-state index >= 15 is 0 Å². The van der Waals surface area contributed by atoms with Crippen molar-refractivity contribution in [3.63, 3.8) is 0 Å². The molecule has 0 atom stereocenters. The normalized spacial score (nSPS) is 17.5. The molecular weight excluding hydrogens is 559 g/mol. The molecule has 2 aromatic heterocycles. The van der Waals surface area contributed by atoms with Gasteiger partial charge < -0.3 is 8.83 Å². The van der Waals surface area contributed by atoms with Gasteiger partial charge in [-0.15, -0.1) is 0 Å². The van der Waals surface area contributed by atoms with Gasteiger partial charge in [0, 0.05) is 34.4 Å². The van der Waals surface area contributed by atoms with Crippen LogP contribution in [-0.2, 0) is 4.79 Å². The maximum atomic E-state index is 13.3. The minimum atomic E-state index is -0.561. The summed E-state index contributed by atoms with van der Waals surface area (Å²) in [7, 11) is 0. The summed E-state index contributed by atoms with van der Waals surface area (Å²) in [4.78, 5) is 34.7. The van der Waals surface area contributed by atoms with E-state index in [0.29, 0.717) is 58.2 Å². The van der Waals surface area contributed by atoms with Gasteiger partial charge in [-0.1, -0.05) is 30.1 Å². The number of hydrogen-bond acceptors (Lipinski definition) is 7. The molecule has 202 valence electrons. The second-order valence-electron chi connectivity index (χ2n) is 9.43. The van der Waals surface area contributed by atoms with Gasteiger partial charge in [0.15, 0.2) is 5.78 Å². The fourth-order valence-electron chi connectivity index (χ4n) is 4.59. The molecule has 1 aliphatic rings. The molecular formula is C29H20Cl2N2O7. The highest BCUT2D eigenvalue weighted by atomic mass is 35.5. The molecule has 1 fully saturated rings. The first kappa shape index (κ1) is 27.1. The Kier molecular flexibility index (Phi) is 7.42. The highest BCUT2D eigenvalue weighted by Gasteiger charge is 2.26. The van der Waals surface area contributed by atoms with Crippen LogP contribution in [0.4, 0.5) is 11.4 Å². The third-order valence-electron chi connectivity index (χ3n) is 6.46. The van der Waals surface area contributed by atoms with Crippen molar-refractivity contribution in [2.45, 2.75) is 19.8 Å². The molecule has 9 nitrogen and oxygen atoms in total. The van der Waals surface area contributed by atoms with Crippen LogP contribution in [0.25, 0.3) is 34.8 Å². The molecule has 0 radical (unpaired) electrons. The molecule has 0 N–H and O–H groups in total. The monoisotopic (exact) mass is 578 g/mol. The van der Waals surface area contributed by atoms with Gasteiger partial charge in [0.2, 0.25) is 0 Å². The van der Waals surface area contributed by atoms with E-state index in [9.17, 15) is 25.0 Å². The number of halogens is 2. The molecule has 4 aromatic rings. The predicted molar refractivity (Wildman–Crippen MR) is 151 cm³/mol. The molecule has 2 heterocycles. The van der Waals surface area contributed by atoms with Gasteiger partial charge in [0.1, 0.15) is 33.1 Å². The van der Waals surface area contributed by atoms with Crippen LogP contribution in [-0.4, -0.2) is 15.6 Å². The minimum absolute atomic E-state index is 0.0295. The maximum Gasteiger partial charge on any atom is 0.288 e. The lowest BCUT2D eigenvalue weighted by atomic mass is 9.81. The Morgan fingerprint density at radius 2 is 1.18 bits per heavy atom. The summed E-state index contributed by atoms with van der Waals surface area (Å²) in [6.07, 6.45) is 4.47. The average Bonchev–Trinajstić information content (AvgIpc) is 3.57. The zero-order chi connectivity index (χ0) is 28.6. The molecule has 0 amide bonds. The number of hydrogen-bond donors (Lipinski definition) is 0. The molecule has 40 heavy (non-hydrogen) atoms. The van der Waals surface area contributed by atoms with Crippen LogP contribution in [0.1, 0.15) is 31.3 Å². The zero-order valence-electron chi connectivity index (χ0n) is 20.9. The Bertz CT molecular complexity index is 1610. The number of rotatable bonds is 6. The first-order valence-electron chi connectivity index (χ1n) is 12.1. The molecule has 0 saturated heterocycles. The minimum Gasteiger partial charge on any atom is -0.457 e. The molecule has 0 aliphatic heterocycles. The maximum absolute atomic E-state index is 13.3. The quantitative estimate of drug-likeness (QED) is 0.127. The molecule has 1 aliphatic carbocycles. The lowest BCUT2D eigenvalue weighted by Crippen LogP contribution is -2.18. The van der Waals surface area contributed by atoms with Crippen molar-refractivity contribution in [1.29, 1.82) is 0 Å². The van der Waals surface area contributed by atoms with Gasteiger partial charge in [-0.2, -0.15) is 0 Å². The molecule has 11 heteroatoms. The first-order chi connectivity index (χ1) is 19.1. The Balaban J connectivity index is 1.39. The van der Waals surface area contributed by atoms with Gasteiger partial charge in [0.25, 0.3) is 11.4 Å². The summed E-state index contributed by atoms with van der Waals surface area (Å²) < 4.78 is 11.8. The molecule has 1 saturated carbocycles. The summed E-state index contributed by atoms with van der Waals surface area (Å²) >= 11 is 11.8. The number of nitro benzene ring substituents is 2. The van der Waals surface area contributed by atoms with Crippen LogP contribution in [0.5, 0.6) is 0 Å². The van der Waals surface area contributed by atoms with Crippen molar-refractivity contribution in [1.82, 2.24) is 0 Å². The van der Waals surface area contributed by atoms with Gasteiger partial charge in [0.05, 0.1) is 9.85 Å². The van der Waals surface area contributed by atoms with Crippen molar-refractivity contribution in [2.24, 2.45) is 5.92 Å². The van der Waals surface area contributed by atoms with E-state index in [0.717, 1.165) is 0 Å². The molecule has 2 aromatic carbocycles. The lowest BCUT2D eigenvalue weighted by Gasteiger charge is -2.22. The molecule has 0 spiro atoms. The predicted octanol–water partition coefficient (Wildman–Crippen LogP) is 8.80. The van der Waals surface area contributed by atoms with Gasteiger partial charge in [-0.25, -0.2) is 0 Å². The summed E-state index contributed by atoms with van der Waals surface area (Å²) in [5.41, 5.74) is 1.66. The number of nitro groups is 2. The van der Waals surface area contributed by atoms with Crippen LogP contribution in [0.3, 0.4) is 0 Å². The molecule has 0 unspecified atom stereocenters. The smallest absolute Gasteiger partial charge is 0.288 e. The fraction of sp³-hybridized carbons (Fsp3) is 0.138. The lowest BCUT2D eigenvalue weighted by molar-refractivity contribution is -0.384. The van der Waals surface area contributed by atoms with Crippen LogP contribution < -0.4 is 0 Å². The van der Waals surface area contributed by atoms with Crippen molar-refractivity contribution in [3.05, 3.63) is 114 Å². The average molecular weight is 579 g/mol.